The lowest BCUT2D eigenvalue weighted by molar-refractivity contribution is 1.02. The number of aromatic nitrogens is 2. The van der Waals surface area contributed by atoms with Crippen LogP contribution < -0.4 is 5.32 Å². The molecule has 1 heterocycles. The Kier molecular flexibility index (Phi) is 2.00. The maximum atomic E-state index is 4.26. The predicted octanol–water partition coefficient (Wildman–Crippen LogP) is 2.12. The molecule has 2 rings (SSSR count). The first-order valence-corrected chi connectivity index (χ1v) is 4.81. The van der Waals surface area contributed by atoms with Gasteiger partial charge in [0.1, 0.15) is 4.60 Å². The van der Waals surface area contributed by atoms with Gasteiger partial charge in [0, 0.05) is 11.7 Å². The molecule has 12 heavy (non-hydrogen) atoms. The minimum absolute atomic E-state index is 0.610. The van der Waals surface area contributed by atoms with Crippen molar-refractivity contribution in [1.82, 2.24) is 9.97 Å². The number of halogens is 1. The van der Waals surface area contributed by atoms with Gasteiger partial charge in [-0.2, -0.15) is 0 Å². The Balaban J connectivity index is 2.18. The molecule has 1 saturated carbocycles. The standard InChI is InChI=1S/C8H10BrN3/c1-5-4-7(9)12-8(10-5)11-6-2-3-6/h4,6H,2-3H2,1H3,(H,10,11,12). The third-order valence-electron chi connectivity index (χ3n) is 1.73. The van der Waals surface area contributed by atoms with Crippen LogP contribution in [0.2, 0.25) is 0 Å². The summed E-state index contributed by atoms with van der Waals surface area (Å²) in [7, 11) is 0. The number of nitrogens with one attached hydrogen (secondary N) is 1. The summed E-state index contributed by atoms with van der Waals surface area (Å²) in [5.41, 5.74) is 0.986. The highest BCUT2D eigenvalue weighted by molar-refractivity contribution is 9.10. The van der Waals surface area contributed by atoms with Gasteiger partial charge in [0.2, 0.25) is 5.95 Å². The largest absolute Gasteiger partial charge is 0.351 e. The fourth-order valence-electron chi connectivity index (χ4n) is 1.00. The molecule has 1 aromatic heterocycles. The first kappa shape index (κ1) is 7.98. The molecular weight excluding hydrogens is 218 g/mol. The number of aryl methyl sites for hydroxylation is 1. The summed E-state index contributed by atoms with van der Waals surface area (Å²) in [6.45, 7) is 1.96. The van der Waals surface area contributed by atoms with E-state index in [0.717, 1.165) is 16.2 Å². The zero-order chi connectivity index (χ0) is 8.55. The van der Waals surface area contributed by atoms with Crippen LogP contribution in [0.3, 0.4) is 0 Å². The number of anilines is 1. The Hall–Kier alpha value is -0.640. The lowest BCUT2D eigenvalue weighted by Crippen LogP contribution is -2.05. The first-order valence-electron chi connectivity index (χ1n) is 4.02. The number of rotatable bonds is 2. The van der Waals surface area contributed by atoms with Crippen LogP contribution in [-0.4, -0.2) is 16.0 Å². The van der Waals surface area contributed by atoms with E-state index in [4.69, 9.17) is 0 Å². The number of hydrogen-bond acceptors (Lipinski definition) is 3. The molecule has 0 saturated heterocycles. The molecule has 1 N–H and O–H groups in total. The monoisotopic (exact) mass is 227 g/mol. The van der Waals surface area contributed by atoms with Gasteiger partial charge in [-0.1, -0.05) is 0 Å². The quantitative estimate of drug-likeness (QED) is 0.788. The number of hydrogen-bond donors (Lipinski definition) is 1. The second kappa shape index (κ2) is 3.01. The van der Waals surface area contributed by atoms with Crippen molar-refractivity contribution in [3.63, 3.8) is 0 Å². The van der Waals surface area contributed by atoms with Gasteiger partial charge in [0.05, 0.1) is 0 Å². The molecule has 0 radical (unpaired) electrons. The normalized spacial score (nSPS) is 16.2. The maximum absolute atomic E-state index is 4.26. The molecular formula is C8H10BrN3. The van der Waals surface area contributed by atoms with Gasteiger partial charge in [-0.3, -0.25) is 0 Å². The highest BCUT2D eigenvalue weighted by atomic mass is 79.9. The lowest BCUT2D eigenvalue weighted by atomic mass is 10.5. The molecule has 64 valence electrons. The first-order chi connectivity index (χ1) is 5.74. The Morgan fingerprint density at radius 1 is 1.50 bits per heavy atom. The van der Waals surface area contributed by atoms with E-state index in [2.05, 4.69) is 31.2 Å². The summed E-state index contributed by atoms with van der Waals surface area (Å²) in [5, 5.41) is 3.25. The van der Waals surface area contributed by atoms with Crippen LogP contribution >= 0.6 is 15.9 Å². The van der Waals surface area contributed by atoms with E-state index in [1.165, 1.54) is 12.8 Å². The van der Waals surface area contributed by atoms with Crippen LogP contribution in [0.25, 0.3) is 0 Å². The molecule has 0 amide bonds. The topological polar surface area (TPSA) is 37.8 Å². The third-order valence-corrected chi connectivity index (χ3v) is 2.14. The third kappa shape index (κ3) is 1.94. The summed E-state index contributed by atoms with van der Waals surface area (Å²) in [5.74, 6) is 0.740. The second-order valence-electron chi connectivity index (χ2n) is 3.07. The molecule has 0 aliphatic heterocycles. The molecule has 1 aliphatic rings. The van der Waals surface area contributed by atoms with Gasteiger partial charge in [-0.25, -0.2) is 9.97 Å². The fourth-order valence-corrected chi connectivity index (χ4v) is 1.50. The summed E-state index contributed by atoms with van der Waals surface area (Å²) in [6.07, 6.45) is 2.49. The van der Waals surface area contributed by atoms with Crippen LogP contribution in [-0.2, 0) is 0 Å². The molecule has 0 spiro atoms. The molecule has 4 heteroatoms. The van der Waals surface area contributed by atoms with Gasteiger partial charge in [-0.15, -0.1) is 0 Å². The average molecular weight is 228 g/mol. The lowest BCUT2D eigenvalue weighted by Gasteiger charge is -2.03. The van der Waals surface area contributed by atoms with Crippen molar-refractivity contribution in [1.29, 1.82) is 0 Å². The van der Waals surface area contributed by atoms with Crippen molar-refractivity contribution in [3.05, 3.63) is 16.4 Å². The van der Waals surface area contributed by atoms with E-state index in [-0.39, 0.29) is 0 Å². The molecule has 1 aliphatic carbocycles. The minimum atomic E-state index is 0.610. The van der Waals surface area contributed by atoms with Crippen molar-refractivity contribution in [2.45, 2.75) is 25.8 Å². The molecule has 0 aromatic carbocycles. The predicted molar refractivity (Wildman–Crippen MR) is 51.1 cm³/mol. The summed E-state index contributed by atoms with van der Waals surface area (Å²) in [6, 6.07) is 2.51. The van der Waals surface area contributed by atoms with E-state index < -0.39 is 0 Å². The van der Waals surface area contributed by atoms with Crippen LogP contribution in [0, 0.1) is 6.92 Å². The van der Waals surface area contributed by atoms with E-state index in [1.807, 2.05) is 13.0 Å². The van der Waals surface area contributed by atoms with Gasteiger partial charge in [0.15, 0.2) is 0 Å². The van der Waals surface area contributed by atoms with E-state index >= 15 is 0 Å². The van der Waals surface area contributed by atoms with Crippen LogP contribution in [0.15, 0.2) is 10.7 Å². The highest BCUT2D eigenvalue weighted by Crippen LogP contribution is 2.23. The molecule has 0 atom stereocenters. The Morgan fingerprint density at radius 2 is 2.25 bits per heavy atom. The van der Waals surface area contributed by atoms with E-state index in [1.54, 1.807) is 0 Å². The van der Waals surface area contributed by atoms with Gasteiger partial charge < -0.3 is 5.32 Å². The van der Waals surface area contributed by atoms with E-state index in [0.29, 0.717) is 6.04 Å². The molecule has 3 nitrogen and oxygen atoms in total. The molecule has 1 fully saturated rings. The van der Waals surface area contributed by atoms with Crippen molar-refractivity contribution < 1.29 is 0 Å². The summed E-state index contributed by atoms with van der Waals surface area (Å²) >= 11 is 3.33. The van der Waals surface area contributed by atoms with Crippen LogP contribution in [0.1, 0.15) is 18.5 Å². The Morgan fingerprint density at radius 3 is 2.83 bits per heavy atom. The van der Waals surface area contributed by atoms with Crippen molar-refractivity contribution in [3.8, 4) is 0 Å². The maximum Gasteiger partial charge on any atom is 0.224 e. The average Bonchev–Trinajstić information content (AvgIpc) is 2.68. The summed E-state index contributed by atoms with van der Waals surface area (Å²) < 4.78 is 0.846. The molecule has 0 unspecified atom stereocenters. The summed E-state index contributed by atoms with van der Waals surface area (Å²) in [4.78, 5) is 8.47. The second-order valence-corrected chi connectivity index (χ2v) is 3.89. The smallest absolute Gasteiger partial charge is 0.224 e. The highest BCUT2D eigenvalue weighted by Gasteiger charge is 2.21. The zero-order valence-corrected chi connectivity index (χ0v) is 8.43. The number of nitrogens with zero attached hydrogens (tertiary/aromatic N) is 2. The van der Waals surface area contributed by atoms with Gasteiger partial charge in [-0.05, 0) is 41.8 Å². The van der Waals surface area contributed by atoms with Gasteiger partial charge >= 0.3 is 0 Å². The molecule has 1 aromatic rings. The fraction of sp³-hybridized carbons (Fsp3) is 0.500. The van der Waals surface area contributed by atoms with E-state index in [9.17, 15) is 0 Å². The van der Waals surface area contributed by atoms with Crippen molar-refractivity contribution in [2.24, 2.45) is 0 Å². The SMILES string of the molecule is Cc1cc(Br)nc(NC2CC2)n1. The van der Waals surface area contributed by atoms with Gasteiger partial charge in [0.25, 0.3) is 0 Å². The Bertz CT molecular complexity index is 276. The van der Waals surface area contributed by atoms with Crippen molar-refractivity contribution in [2.75, 3.05) is 5.32 Å². The minimum Gasteiger partial charge on any atom is -0.351 e. The Labute approximate surface area is 79.7 Å². The van der Waals surface area contributed by atoms with Crippen LogP contribution in [0.4, 0.5) is 5.95 Å². The zero-order valence-electron chi connectivity index (χ0n) is 6.84. The van der Waals surface area contributed by atoms with Crippen LogP contribution in [0.5, 0.6) is 0 Å². The van der Waals surface area contributed by atoms with Crippen molar-refractivity contribution >= 4 is 21.9 Å². The molecule has 0 bridgehead atoms.